The van der Waals surface area contributed by atoms with Crippen molar-refractivity contribution in [2.45, 2.75) is 0 Å². The number of anilines is 2. The van der Waals surface area contributed by atoms with Crippen molar-refractivity contribution in [2.24, 2.45) is 0 Å². The molecule has 0 saturated heterocycles. The van der Waals surface area contributed by atoms with Crippen LogP contribution in [0.15, 0.2) is 42.5 Å². The first kappa shape index (κ1) is 19.2. The molecule has 0 fully saturated rings. The van der Waals surface area contributed by atoms with Gasteiger partial charge in [-0.05, 0) is 43.4 Å². The number of likely N-dealkylation sites (N-methyl/N-ethyl adjacent to an activating group) is 1. The van der Waals surface area contributed by atoms with Crippen LogP contribution in [0.5, 0.6) is 0 Å². The maximum Gasteiger partial charge on any atom is 0.238 e. The molecule has 0 spiro atoms. The SMILES string of the molecule is CN(CC(=O)Nc1cccc(F)c1)CC(=O)Nc1ccc(Cl)cc1Cl. The highest BCUT2D eigenvalue weighted by Gasteiger charge is 2.12. The topological polar surface area (TPSA) is 61.4 Å². The number of hydrogen-bond donors (Lipinski definition) is 2. The molecular weight excluding hydrogens is 368 g/mol. The highest BCUT2D eigenvalue weighted by Crippen LogP contribution is 2.25. The van der Waals surface area contributed by atoms with Gasteiger partial charge in [0, 0.05) is 10.7 Å². The molecule has 0 saturated carbocycles. The van der Waals surface area contributed by atoms with E-state index >= 15 is 0 Å². The number of nitrogens with one attached hydrogen (secondary N) is 2. The van der Waals surface area contributed by atoms with Gasteiger partial charge in [-0.15, -0.1) is 0 Å². The molecule has 2 N–H and O–H groups in total. The van der Waals surface area contributed by atoms with E-state index in [-0.39, 0.29) is 24.9 Å². The molecule has 2 rings (SSSR count). The Morgan fingerprint density at radius 1 is 1.04 bits per heavy atom. The number of rotatable bonds is 6. The second kappa shape index (κ2) is 8.80. The first-order chi connectivity index (χ1) is 11.8. The van der Waals surface area contributed by atoms with Crippen molar-refractivity contribution in [1.29, 1.82) is 0 Å². The summed E-state index contributed by atoms with van der Waals surface area (Å²) in [5, 5.41) is 6.00. The molecule has 0 bridgehead atoms. The van der Waals surface area contributed by atoms with Gasteiger partial charge in [0.15, 0.2) is 0 Å². The van der Waals surface area contributed by atoms with Crippen molar-refractivity contribution in [2.75, 3.05) is 30.8 Å². The monoisotopic (exact) mass is 383 g/mol. The predicted molar refractivity (Wildman–Crippen MR) is 97.6 cm³/mol. The molecule has 0 aliphatic carbocycles. The Bertz CT molecular complexity index is 786. The summed E-state index contributed by atoms with van der Waals surface area (Å²) in [5.74, 6) is -1.12. The quantitative estimate of drug-likeness (QED) is 0.800. The first-order valence-corrected chi connectivity index (χ1v) is 8.08. The minimum atomic E-state index is -0.439. The molecule has 8 heteroatoms. The van der Waals surface area contributed by atoms with Crippen molar-refractivity contribution in [3.05, 3.63) is 58.3 Å². The van der Waals surface area contributed by atoms with E-state index in [1.54, 1.807) is 25.2 Å². The Morgan fingerprint density at radius 3 is 2.36 bits per heavy atom. The van der Waals surface area contributed by atoms with Gasteiger partial charge in [0.05, 0.1) is 23.8 Å². The fourth-order valence-corrected chi connectivity index (χ4v) is 2.55. The Hall–Kier alpha value is -2.15. The number of benzene rings is 2. The molecule has 2 aromatic rings. The standard InChI is InChI=1S/C17H16Cl2FN3O2/c1-23(9-16(24)21-13-4-2-3-12(20)8-13)10-17(25)22-15-6-5-11(18)7-14(15)19/h2-8H,9-10H2,1H3,(H,21,24)(H,22,25). The van der Waals surface area contributed by atoms with E-state index in [2.05, 4.69) is 10.6 Å². The first-order valence-electron chi connectivity index (χ1n) is 7.32. The average molecular weight is 384 g/mol. The van der Waals surface area contributed by atoms with Crippen molar-refractivity contribution in [1.82, 2.24) is 4.90 Å². The van der Waals surface area contributed by atoms with Crippen LogP contribution in [-0.4, -0.2) is 36.9 Å². The van der Waals surface area contributed by atoms with E-state index in [9.17, 15) is 14.0 Å². The lowest BCUT2D eigenvalue weighted by atomic mass is 10.3. The van der Waals surface area contributed by atoms with Gasteiger partial charge in [0.2, 0.25) is 11.8 Å². The molecule has 0 radical (unpaired) electrons. The third-order valence-corrected chi connectivity index (χ3v) is 3.69. The van der Waals surface area contributed by atoms with Crippen molar-refractivity contribution in [3.8, 4) is 0 Å². The minimum Gasteiger partial charge on any atom is -0.325 e. The zero-order chi connectivity index (χ0) is 18.4. The van der Waals surface area contributed by atoms with Gasteiger partial charge >= 0.3 is 0 Å². The molecule has 0 atom stereocenters. The van der Waals surface area contributed by atoms with Gasteiger partial charge in [-0.3, -0.25) is 14.5 Å². The van der Waals surface area contributed by atoms with Crippen molar-refractivity contribution < 1.29 is 14.0 Å². The summed E-state index contributed by atoms with van der Waals surface area (Å²) in [6, 6.07) is 10.3. The number of carbonyl (C=O) groups is 2. The molecule has 2 amide bonds. The summed E-state index contributed by atoms with van der Waals surface area (Å²) in [6.07, 6.45) is 0. The highest BCUT2D eigenvalue weighted by molar-refractivity contribution is 6.36. The summed E-state index contributed by atoms with van der Waals surface area (Å²) in [6.45, 7) is -0.0478. The molecule has 25 heavy (non-hydrogen) atoms. The van der Waals surface area contributed by atoms with E-state index in [0.717, 1.165) is 0 Å². The summed E-state index contributed by atoms with van der Waals surface area (Å²) in [7, 11) is 1.62. The fourth-order valence-electron chi connectivity index (χ4n) is 2.09. The highest BCUT2D eigenvalue weighted by atomic mass is 35.5. The molecular formula is C17H16Cl2FN3O2. The smallest absolute Gasteiger partial charge is 0.238 e. The van der Waals surface area contributed by atoms with Crippen LogP contribution in [-0.2, 0) is 9.59 Å². The van der Waals surface area contributed by atoms with Gasteiger partial charge in [-0.2, -0.15) is 0 Å². The van der Waals surface area contributed by atoms with Gasteiger partial charge in [-0.1, -0.05) is 29.3 Å². The van der Waals surface area contributed by atoms with Crippen molar-refractivity contribution >= 4 is 46.4 Å². The molecule has 0 unspecified atom stereocenters. The van der Waals surface area contributed by atoms with Crippen LogP contribution < -0.4 is 10.6 Å². The molecule has 0 aromatic heterocycles. The Labute approximate surface area is 154 Å². The van der Waals surface area contributed by atoms with E-state index in [1.165, 1.54) is 29.2 Å². The normalized spacial score (nSPS) is 10.6. The van der Waals surface area contributed by atoms with E-state index in [1.807, 2.05) is 0 Å². The molecule has 132 valence electrons. The summed E-state index contributed by atoms with van der Waals surface area (Å²) >= 11 is 11.8. The van der Waals surface area contributed by atoms with Gasteiger partial charge in [0.25, 0.3) is 0 Å². The molecule has 0 aliphatic heterocycles. The summed E-state index contributed by atoms with van der Waals surface area (Å²) in [5.41, 5.74) is 0.796. The maximum atomic E-state index is 13.1. The van der Waals surface area contributed by atoms with Crippen LogP contribution in [0.4, 0.5) is 15.8 Å². The summed E-state index contributed by atoms with van der Waals surface area (Å²) < 4.78 is 13.1. The number of carbonyl (C=O) groups excluding carboxylic acids is 2. The zero-order valence-corrected chi connectivity index (χ0v) is 14.9. The fraction of sp³-hybridized carbons (Fsp3) is 0.176. The van der Waals surface area contributed by atoms with Crippen LogP contribution in [0.3, 0.4) is 0 Å². The lowest BCUT2D eigenvalue weighted by Crippen LogP contribution is -2.36. The van der Waals surface area contributed by atoms with Crippen LogP contribution >= 0.6 is 23.2 Å². The number of nitrogens with zero attached hydrogens (tertiary/aromatic N) is 1. The molecule has 0 heterocycles. The van der Waals surface area contributed by atoms with E-state index in [0.29, 0.717) is 21.4 Å². The van der Waals surface area contributed by atoms with Gasteiger partial charge in [-0.25, -0.2) is 4.39 Å². The molecule has 5 nitrogen and oxygen atoms in total. The predicted octanol–water partition coefficient (Wildman–Crippen LogP) is 3.64. The Balaban J connectivity index is 1.83. The Morgan fingerprint density at radius 2 is 1.72 bits per heavy atom. The maximum absolute atomic E-state index is 13.1. The third kappa shape index (κ3) is 6.34. The zero-order valence-electron chi connectivity index (χ0n) is 13.4. The molecule has 0 aliphatic rings. The second-order valence-corrected chi connectivity index (χ2v) is 6.25. The van der Waals surface area contributed by atoms with Gasteiger partial charge in [0.1, 0.15) is 5.82 Å². The van der Waals surface area contributed by atoms with Crippen molar-refractivity contribution in [3.63, 3.8) is 0 Å². The number of amides is 2. The largest absolute Gasteiger partial charge is 0.325 e. The third-order valence-electron chi connectivity index (χ3n) is 3.14. The lowest BCUT2D eigenvalue weighted by molar-refractivity contribution is -0.119. The van der Waals surface area contributed by atoms with Crippen LogP contribution in [0.2, 0.25) is 10.0 Å². The van der Waals surface area contributed by atoms with E-state index < -0.39 is 5.82 Å². The van der Waals surface area contributed by atoms with E-state index in [4.69, 9.17) is 23.2 Å². The van der Waals surface area contributed by atoms with Crippen LogP contribution in [0, 0.1) is 5.82 Å². The second-order valence-electron chi connectivity index (χ2n) is 5.40. The summed E-state index contributed by atoms with van der Waals surface area (Å²) in [4.78, 5) is 25.5. The van der Waals surface area contributed by atoms with Crippen LogP contribution in [0.1, 0.15) is 0 Å². The Kier molecular flexibility index (Phi) is 6.75. The van der Waals surface area contributed by atoms with Crippen LogP contribution in [0.25, 0.3) is 0 Å². The average Bonchev–Trinajstić information content (AvgIpc) is 2.49. The molecule has 2 aromatic carbocycles. The van der Waals surface area contributed by atoms with Gasteiger partial charge < -0.3 is 10.6 Å². The number of halogens is 3. The minimum absolute atomic E-state index is 0.0183. The number of hydrogen-bond acceptors (Lipinski definition) is 3. The lowest BCUT2D eigenvalue weighted by Gasteiger charge is -2.16.